The molecule has 2 atom stereocenters. The summed E-state index contributed by atoms with van der Waals surface area (Å²) in [5.74, 6) is -0.957. The van der Waals surface area contributed by atoms with E-state index >= 15 is 0 Å². The predicted octanol–water partition coefficient (Wildman–Crippen LogP) is 2.64. The molecule has 1 rings (SSSR count). The van der Waals surface area contributed by atoms with Gasteiger partial charge in [0.25, 0.3) is 0 Å². The zero-order chi connectivity index (χ0) is 16.1. The minimum absolute atomic E-state index is 0.235. The van der Waals surface area contributed by atoms with Gasteiger partial charge in [-0.05, 0) is 45.2 Å². The van der Waals surface area contributed by atoms with Crippen LogP contribution in [0.4, 0.5) is 13.2 Å². The number of hydrogen-bond acceptors (Lipinski definition) is 3. The second kappa shape index (κ2) is 7.45. The van der Waals surface area contributed by atoms with Crippen molar-refractivity contribution in [2.24, 2.45) is 0 Å². The van der Waals surface area contributed by atoms with Crippen LogP contribution >= 0.6 is 0 Å². The number of carboxylic acids is 1. The van der Waals surface area contributed by atoms with Crippen LogP contribution in [0.1, 0.15) is 46.0 Å². The Hall–Kier alpha value is -0.820. The van der Waals surface area contributed by atoms with Crippen molar-refractivity contribution in [1.82, 2.24) is 10.2 Å². The molecule has 2 N–H and O–H groups in total. The fraction of sp³-hybridized carbons (Fsp3) is 0.929. The van der Waals surface area contributed by atoms with Gasteiger partial charge in [-0.2, -0.15) is 13.2 Å². The van der Waals surface area contributed by atoms with E-state index in [0.29, 0.717) is 32.4 Å². The van der Waals surface area contributed by atoms with Crippen LogP contribution < -0.4 is 5.32 Å². The highest BCUT2D eigenvalue weighted by atomic mass is 19.4. The molecule has 0 aliphatic heterocycles. The van der Waals surface area contributed by atoms with Crippen molar-refractivity contribution in [2.75, 3.05) is 19.6 Å². The van der Waals surface area contributed by atoms with Crippen LogP contribution in [0.25, 0.3) is 0 Å². The van der Waals surface area contributed by atoms with Crippen molar-refractivity contribution in [2.45, 2.75) is 63.7 Å². The summed E-state index contributed by atoms with van der Waals surface area (Å²) in [6.07, 6.45) is -1.74. The molecule has 1 aliphatic carbocycles. The lowest BCUT2D eigenvalue weighted by Crippen LogP contribution is -2.52. The van der Waals surface area contributed by atoms with Crippen molar-refractivity contribution >= 4 is 5.97 Å². The summed E-state index contributed by atoms with van der Waals surface area (Å²) in [4.78, 5) is 12.9. The molecule has 0 saturated heterocycles. The normalized spacial score (nSPS) is 26.5. The number of aliphatic carboxylic acids is 1. The molecule has 2 unspecified atom stereocenters. The van der Waals surface area contributed by atoms with E-state index in [1.165, 1.54) is 4.90 Å². The molecule has 0 amide bonds. The molecule has 0 aromatic rings. The standard InChI is InChI=1S/C14H25F3N2O2/c1-3-7-18-13(12(20)21)6-5-11(9-13)19(8-4-2)10-14(15,16)17/h11,18H,3-10H2,1-2H3,(H,20,21). The molecule has 0 aromatic carbocycles. The van der Waals surface area contributed by atoms with Crippen LogP contribution in [0.2, 0.25) is 0 Å². The Morgan fingerprint density at radius 3 is 2.52 bits per heavy atom. The number of rotatable bonds is 8. The Labute approximate surface area is 123 Å². The zero-order valence-electron chi connectivity index (χ0n) is 12.7. The van der Waals surface area contributed by atoms with Crippen molar-refractivity contribution in [1.29, 1.82) is 0 Å². The molecule has 1 saturated carbocycles. The monoisotopic (exact) mass is 310 g/mol. The summed E-state index contributed by atoms with van der Waals surface area (Å²) in [6, 6.07) is -0.327. The molecule has 1 aliphatic rings. The van der Waals surface area contributed by atoms with Gasteiger partial charge in [-0.25, -0.2) is 0 Å². The van der Waals surface area contributed by atoms with E-state index in [1.54, 1.807) is 0 Å². The fourth-order valence-electron chi connectivity index (χ4n) is 3.03. The van der Waals surface area contributed by atoms with Crippen molar-refractivity contribution < 1.29 is 23.1 Å². The first-order chi connectivity index (χ1) is 9.74. The van der Waals surface area contributed by atoms with E-state index in [4.69, 9.17) is 0 Å². The Kier molecular flexibility index (Phi) is 6.46. The summed E-state index contributed by atoms with van der Waals surface area (Å²) in [7, 11) is 0. The molecule has 1 fully saturated rings. The van der Waals surface area contributed by atoms with E-state index in [0.717, 1.165) is 6.42 Å². The van der Waals surface area contributed by atoms with Crippen LogP contribution in [0.3, 0.4) is 0 Å². The number of hydrogen-bond donors (Lipinski definition) is 2. The predicted molar refractivity (Wildman–Crippen MR) is 74.2 cm³/mol. The molecular weight excluding hydrogens is 285 g/mol. The summed E-state index contributed by atoms with van der Waals surface area (Å²) in [5.41, 5.74) is -1.07. The highest BCUT2D eigenvalue weighted by Crippen LogP contribution is 2.35. The SMILES string of the molecule is CCCNC1(C(=O)O)CCC(N(CCC)CC(F)(F)F)C1. The van der Waals surface area contributed by atoms with E-state index in [-0.39, 0.29) is 12.5 Å². The lowest BCUT2D eigenvalue weighted by atomic mass is 9.97. The highest BCUT2D eigenvalue weighted by molar-refractivity contribution is 5.79. The van der Waals surface area contributed by atoms with Gasteiger partial charge in [-0.1, -0.05) is 13.8 Å². The van der Waals surface area contributed by atoms with Gasteiger partial charge in [0.2, 0.25) is 0 Å². The van der Waals surface area contributed by atoms with Crippen molar-refractivity contribution in [3.05, 3.63) is 0 Å². The van der Waals surface area contributed by atoms with Crippen LogP contribution in [0.15, 0.2) is 0 Å². The summed E-state index contributed by atoms with van der Waals surface area (Å²) >= 11 is 0. The average molecular weight is 310 g/mol. The average Bonchev–Trinajstić information content (AvgIpc) is 2.80. The van der Waals surface area contributed by atoms with Crippen LogP contribution in [-0.4, -0.2) is 53.4 Å². The van der Waals surface area contributed by atoms with Gasteiger partial charge < -0.3 is 10.4 Å². The Bertz CT molecular complexity index is 350. The van der Waals surface area contributed by atoms with Crippen LogP contribution in [0, 0.1) is 0 Å². The maximum absolute atomic E-state index is 12.7. The Morgan fingerprint density at radius 1 is 1.38 bits per heavy atom. The largest absolute Gasteiger partial charge is 0.480 e. The van der Waals surface area contributed by atoms with Gasteiger partial charge in [-0.15, -0.1) is 0 Å². The molecule has 0 bridgehead atoms. The van der Waals surface area contributed by atoms with Gasteiger partial charge in [0.15, 0.2) is 0 Å². The fourth-order valence-corrected chi connectivity index (χ4v) is 3.03. The minimum atomic E-state index is -4.25. The van der Waals surface area contributed by atoms with Gasteiger partial charge in [0, 0.05) is 6.04 Å². The molecule has 0 spiro atoms. The summed E-state index contributed by atoms with van der Waals surface area (Å²) in [5, 5.41) is 12.5. The topological polar surface area (TPSA) is 52.6 Å². The molecular formula is C14H25F3N2O2. The van der Waals surface area contributed by atoms with Crippen molar-refractivity contribution in [3.63, 3.8) is 0 Å². The second-order valence-electron chi connectivity index (χ2n) is 5.80. The first-order valence-corrected chi connectivity index (χ1v) is 7.53. The van der Waals surface area contributed by atoms with E-state index in [9.17, 15) is 23.1 Å². The smallest absolute Gasteiger partial charge is 0.401 e. The first kappa shape index (κ1) is 18.2. The second-order valence-corrected chi connectivity index (χ2v) is 5.80. The Morgan fingerprint density at radius 2 is 2.05 bits per heavy atom. The number of halogens is 3. The highest BCUT2D eigenvalue weighted by Gasteiger charge is 2.47. The van der Waals surface area contributed by atoms with Crippen LogP contribution in [0.5, 0.6) is 0 Å². The van der Waals surface area contributed by atoms with Gasteiger partial charge in [0.05, 0.1) is 6.54 Å². The maximum Gasteiger partial charge on any atom is 0.401 e. The van der Waals surface area contributed by atoms with Gasteiger partial charge in [0.1, 0.15) is 5.54 Å². The minimum Gasteiger partial charge on any atom is -0.480 e. The molecule has 0 aromatic heterocycles. The zero-order valence-corrected chi connectivity index (χ0v) is 12.7. The number of nitrogens with one attached hydrogen (secondary N) is 1. The van der Waals surface area contributed by atoms with E-state index < -0.39 is 24.2 Å². The quantitative estimate of drug-likeness (QED) is 0.724. The lowest BCUT2D eigenvalue weighted by Gasteiger charge is -2.31. The Balaban J connectivity index is 2.77. The summed E-state index contributed by atoms with van der Waals surface area (Å²) < 4.78 is 38.0. The van der Waals surface area contributed by atoms with Crippen LogP contribution in [-0.2, 0) is 4.79 Å². The van der Waals surface area contributed by atoms with E-state index in [1.807, 2.05) is 13.8 Å². The van der Waals surface area contributed by atoms with E-state index in [2.05, 4.69) is 5.32 Å². The molecule has 21 heavy (non-hydrogen) atoms. The molecule has 0 heterocycles. The molecule has 0 radical (unpaired) electrons. The third-order valence-electron chi connectivity index (χ3n) is 4.02. The number of nitrogens with zero attached hydrogens (tertiary/aromatic N) is 1. The molecule has 124 valence electrons. The summed E-state index contributed by atoms with van der Waals surface area (Å²) in [6.45, 7) is 3.70. The number of carbonyl (C=O) groups is 1. The van der Waals surface area contributed by atoms with Crippen molar-refractivity contribution in [3.8, 4) is 0 Å². The van der Waals surface area contributed by atoms with Gasteiger partial charge >= 0.3 is 12.1 Å². The number of carboxylic acid groups (broad SMARTS) is 1. The third-order valence-corrected chi connectivity index (χ3v) is 4.02. The molecule has 4 nitrogen and oxygen atoms in total. The molecule has 7 heteroatoms. The lowest BCUT2D eigenvalue weighted by molar-refractivity contribution is -0.151. The first-order valence-electron chi connectivity index (χ1n) is 7.53. The maximum atomic E-state index is 12.7. The van der Waals surface area contributed by atoms with Gasteiger partial charge in [-0.3, -0.25) is 9.69 Å². The number of alkyl halides is 3. The third kappa shape index (κ3) is 5.14.